The number of para-hydroxylation sites is 1. The lowest BCUT2D eigenvalue weighted by Gasteiger charge is -2.37. The summed E-state index contributed by atoms with van der Waals surface area (Å²) in [4.78, 5) is 28.2. The van der Waals surface area contributed by atoms with Crippen molar-refractivity contribution < 1.29 is 0 Å². The summed E-state index contributed by atoms with van der Waals surface area (Å²) < 4.78 is 2.76. The Morgan fingerprint density at radius 2 is 1.58 bits per heavy atom. The summed E-state index contributed by atoms with van der Waals surface area (Å²) in [5, 5.41) is 6.91. The molecule has 31 heavy (non-hydrogen) atoms. The normalized spacial score (nSPS) is 19.8. The minimum Gasteiger partial charge on any atom is -0.352 e. The summed E-state index contributed by atoms with van der Waals surface area (Å²) in [6.07, 6.45) is 0. The highest BCUT2D eigenvalue weighted by Gasteiger charge is 2.44. The standard InChI is InChI=1S/C24H25N5O2/c1-16-19-15-28(14-17-10-6-4-7-11-17)22-20(23(30)27(3)24(31)26(22)2)21(19)25-29(16)18-12-8-5-9-13-18/h4-13,16,19H,14-15H2,1-3H3/t16-,19+/m1/s1. The Morgan fingerprint density at radius 3 is 2.26 bits per heavy atom. The number of hydrogen-bond acceptors (Lipinski definition) is 5. The summed E-state index contributed by atoms with van der Waals surface area (Å²) in [7, 11) is 3.26. The zero-order valence-electron chi connectivity index (χ0n) is 17.9. The zero-order valence-corrected chi connectivity index (χ0v) is 17.9. The van der Waals surface area contributed by atoms with Crippen LogP contribution in [0.25, 0.3) is 0 Å². The maximum Gasteiger partial charge on any atom is 0.332 e. The van der Waals surface area contributed by atoms with Crippen LogP contribution in [0, 0.1) is 5.92 Å². The van der Waals surface area contributed by atoms with Gasteiger partial charge < -0.3 is 4.90 Å². The lowest BCUT2D eigenvalue weighted by molar-refractivity contribution is 0.527. The highest BCUT2D eigenvalue weighted by Crippen LogP contribution is 2.37. The fourth-order valence-corrected chi connectivity index (χ4v) is 4.72. The van der Waals surface area contributed by atoms with E-state index < -0.39 is 0 Å². The second kappa shape index (κ2) is 7.27. The third-order valence-electron chi connectivity index (χ3n) is 6.38. The number of rotatable bonds is 3. The Morgan fingerprint density at radius 1 is 0.935 bits per heavy atom. The fraction of sp³-hybridized carbons (Fsp3) is 0.292. The molecule has 5 rings (SSSR count). The average molecular weight is 415 g/mol. The van der Waals surface area contributed by atoms with Crippen molar-refractivity contribution in [3.63, 3.8) is 0 Å². The molecule has 2 aromatic carbocycles. The molecule has 0 unspecified atom stereocenters. The van der Waals surface area contributed by atoms with E-state index in [9.17, 15) is 9.59 Å². The maximum atomic E-state index is 13.3. The average Bonchev–Trinajstić information content (AvgIpc) is 3.13. The molecule has 0 radical (unpaired) electrons. The van der Waals surface area contributed by atoms with Crippen molar-refractivity contribution in [1.29, 1.82) is 0 Å². The van der Waals surface area contributed by atoms with Crippen molar-refractivity contribution >= 4 is 17.2 Å². The van der Waals surface area contributed by atoms with Gasteiger partial charge in [-0.25, -0.2) is 4.79 Å². The summed E-state index contributed by atoms with van der Waals surface area (Å²) in [5.74, 6) is 0.704. The van der Waals surface area contributed by atoms with Crippen molar-refractivity contribution in [3.8, 4) is 0 Å². The molecule has 0 saturated carbocycles. The number of benzene rings is 2. The van der Waals surface area contributed by atoms with Crippen LogP contribution >= 0.6 is 0 Å². The van der Waals surface area contributed by atoms with E-state index in [1.165, 1.54) is 11.6 Å². The van der Waals surface area contributed by atoms with Crippen molar-refractivity contribution in [3.05, 3.63) is 92.6 Å². The molecule has 7 nitrogen and oxygen atoms in total. The van der Waals surface area contributed by atoms with Crippen molar-refractivity contribution in [2.24, 2.45) is 25.1 Å². The summed E-state index contributed by atoms with van der Waals surface area (Å²) in [6, 6.07) is 20.2. The van der Waals surface area contributed by atoms with Gasteiger partial charge in [0.25, 0.3) is 5.56 Å². The van der Waals surface area contributed by atoms with E-state index >= 15 is 0 Å². The molecule has 3 aromatic rings. The second-order valence-electron chi connectivity index (χ2n) is 8.28. The minimum atomic E-state index is -0.327. The Bertz CT molecular complexity index is 1280. The molecule has 3 heterocycles. The van der Waals surface area contributed by atoms with Crippen LogP contribution in [-0.4, -0.2) is 27.4 Å². The van der Waals surface area contributed by atoms with E-state index in [0.717, 1.165) is 17.0 Å². The predicted octanol–water partition coefficient (Wildman–Crippen LogP) is 2.33. The van der Waals surface area contributed by atoms with Gasteiger partial charge in [0.05, 0.1) is 17.4 Å². The SMILES string of the molecule is C[C@@H]1[C@@H]2CN(Cc3ccccc3)c3c(c(=O)n(C)c(=O)n3C)C2=NN1c1ccccc1. The van der Waals surface area contributed by atoms with E-state index in [-0.39, 0.29) is 23.2 Å². The van der Waals surface area contributed by atoms with Gasteiger partial charge in [-0.2, -0.15) is 5.10 Å². The number of hydrogen-bond donors (Lipinski definition) is 0. The second-order valence-corrected chi connectivity index (χ2v) is 8.28. The predicted molar refractivity (Wildman–Crippen MR) is 123 cm³/mol. The van der Waals surface area contributed by atoms with Crippen LogP contribution in [0.3, 0.4) is 0 Å². The Labute approximate surface area is 180 Å². The smallest absolute Gasteiger partial charge is 0.332 e. The quantitative estimate of drug-likeness (QED) is 0.659. The lowest BCUT2D eigenvalue weighted by Crippen LogP contribution is -2.51. The molecule has 2 aliphatic rings. The largest absolute Gasteiger partial charge is 0.352 e. The Hall–Kier alpha value is -3.61. The minimum absolute atomic E-state index is 0.0571. The first kappa shape index (κ1) is 19.4. The fourth-order valence-electron chi connectivity index (χ4n) is 4.72. The monoisotopic (exact) mass is 415 g/mol. The van der Waals surface area contributed by atoms with Gasteiger partial charge >= 0.3 is 5.69 Å². The van der Waals surface area contributed by atoms with Gasteiger partial charge in [-0.05, 0) is 24.6 Å². The maximum absolute atomic E-state index is 13.3. The van der Waals surface area contributed by atoms with Crippen LogP contribution in [0.1, 0.15) is 18.1 Å². The van der Waals surface area contributed by atoms with E-state index in [1.807, 2.05) is 53.5 Å². The number of aromatic nitrogens is 2. The van der Waals surface area contributed by atoms with Crippen molar-refractivity contribution in [2.75, 3.05) is 16.5 Å². The third kappa shape index (κ3) is 3.00. The Balaban J connectivity index is 1.69. The zero-order chi connectivity index (χ0) is 21.7. The number of hydrazone groups is 1. The van der Waals surface area contributed by atoms with Gasteiger partial charge in [0, 0.05) is 33.1 Å². The molecular formula is C24H25N5O2. The number of fused-ring (bicyclic) bond motifs is 3. The molecule has 158 valence electrons. The molecule has 0 saturated heterocycles. The molecule has 2 atom stereocenters. The molecule has 7 heteroatoms. The van der Waals surface area contributed by atoms with Gasteiger partial charge in [-0.15, -0.1) is 0 Å². The third-order valence-corrected chi connectivity index (χ3v) is 6.38. The van der Waals surface area contributed by atoms with Gasteiger partial charge in [0.1, 0.15) is 11.4 Å². The van der Waals surface area contributed by atoms with Crippen molar-refractivity contribution in [1.82, 2.24) is 9.13 Å². The molecule has 0 bridgehead atoms. The molecule has 0 spiro atoms. The molecular weight excluding hydrogens is 390 g/mol. The first-order valence-electron chi connectivity index (χ1n) is 10.5. The van der Waals surface area contributed by atoms with Crippen LogP contribution < -0.4 is 21.2 Å². The highest BCUT2D eigenvalue weighted by molar-refractivity contribution is 6.09. The van der Waals surface area contributed by atoms with Gasteiger partial charge in [-0.1, -0.05) is 48.5 Å². The molecule has 0 amide bonds. The summed E-state index contributed by atoms with van der Waals surface area (Å²) in [6.45, 7) is 3.45. The van der Waals surface area contributed by atoms with Crippen LogP contribution in [-0.2, 0) is 20.6 Å². The van der Waals surface area contributed by atoms with Gasteiger partial charge in [0.2, 0.25) is 0 Å². The number of anilines is 2. The molecule has 0 aliphatic carbocycles. The van der Waals surface area contributed by atoms with E-state index in [4.69, 9.17) is 5.10 Å². The molecule has 0 fully saturated rings. The van der Waals surface area contributed by atoms with Gasteiger partial charge in [-0.3, -0.25) is 18.9 Å². The van der Waals surface area contributed by atoms with Crippen LogP contribution in [0.2, 0.25) is 0 Å². The van der Waals surface area contributed by atoms with E-state index in [2.05, 4.69) is 24.0 Å². The summed E-state index contributed by atoms with van der Waals surface area (Å²) in [5.41, 5.74) is 2.81. The van der Waals surface area contributed by atoms with E-state index in [0.29, 0.717) is 24.5 Å². The van der Waals surface area contributed by atoms with Crippen LogP contribution in [0.15, 0.2) is 75.4 Å². The first-order chi connectivity index (χ1) is 15.0. The molecule has 0 N–H and O–H groups in total. The lowest BCUT2D eigenvalue weighted by atomic mass is 9.88. The van der Waals surface area contributed by atoms with Crippen LogP contribution in [0.5, 0.6) is 0 Å². The summed E-state index contributed by atoms with van der Waals surface area (Å²) >= 11 is 0. The molecule has 1 aromatic heterocycles. The van der Waals surface area contributed by atoms with Crippen molar-refractivity contribution in [2.45, 2.75) is 19.5 Å². The first-order valence-corrected chi connectivity index (χ1v) is 10.5. The topological polar surface area (TPSA) is 62.8 Å². The van der Waals surface area contributed by atoms with E-state index in [1.54, 1.807) is 11.6 Å². The number of nitrogens with zero attached hydrogens (tertiary/aromatic N) is 5. The van der Waals surface area contributed by atoms with Crippen LogP contribution in [0.4, 0.5) is 11.5 Å². The Kier molecular flexibility index (Phi) is 4.54. The van der Waals surface area contributed by atoms with Gasteiger partial charge in [0.15, 0.2) is 0 Å². The highest BCUT2D eigenvalue weighted by atomic mass is 16.2. The molecule has 2 aliphatic heterocycles.